The normalized spacial score (nSPS) is 21.5. The van der Waals surface area contributed by atoms with Crippen LogP contribution in [0, 0.1) is 34.4 Å². The Kier molecular flexibility index (Phi) is 5.34. The first kappa shape index (κ1) is 15.5. The van der Waals surface area contributed by atoms with Crippen LogP contribution in [0.15, 0.2) is 12.1 Å². The molecule has 0 spiro atoms. The number of benzene rings is 1. The van der Waals surface area contributed by atoms with Crippen LogP contribution in [0.4, 0.5) is 4.39 Å². The van der Waals surface area contributed by atoms with Crippen molar-refractivity contribution in [3.8, 4) is 12.1 Å². The SMILES string of the molecule is CCCCC1CCC(c2cc(C#N)c(F)c(C#N)c2)CC1. The van der Waals surface area contributed by atoms with Crippen molar-refractivity contribution in [3.05, 3.63) is 34.6 Å². The van der Waals surface area contributed by atoms with Gasteiger partial charge < -0.3 is 0 Å². The molecule has 0 bridgehead atoms. The van der Waals surface area contributed by atoms with E-state index >= 15 is 0 Å². The van der Waals surface area contributed by atoms with E-state index in [4.69, 9.17) is 10.5 Å². The predicted molar refractivity (Wildman–Crippen MR) is 80.1 cm³/mol. The molecule has 2 nitrogen and oxygen atoms in total. The van der Waals surface area contributed by atoms with Crippen molar-refractivity contribution in [2.75, 3.05) is 0 Å². The molecule has 0 saturated heterocycles. The zero-order valence-corrected chi connectivity index (χ0v) is 12.5. The van der Waals surface area contributed by atoms with E-state index < -0.39 is 5.82 Å². The molecule has 2 rings (SSSR count). The highest BCUT2D eigenvalue weighted by atomic mass is 19.1. The van der Waals surface area contributed by atoms with E-state index in [1.54, 1.807) is 12.1 Å². The number of hydrogen-bond acceptors (Lipinski definition) is 2. The molecule has 0 atom stereocenters. The van der Waals surface area contributed by atoms with E-state index in [-0.39, 0.29) is 11.1 Å². The molecule has 0 N–H and O–H groups in total. The second-order valence-corrected chi connectivity index (χ2v) is 6.01. The van der Waals surface area contributed by atoms with Gasteiger partial charge in [0, 0.05) is 0 Å². The van der Waals surface area contributed by atoms with E-state index in [1.807, 2.05) is 12.1 Å². The van der Waals surface area contributed by atoms with Crippen LogP contribution in [-0.4, -0.2) is 0 Å². The van der Waals surface area contributed by atoms with Crippen LogP contribution in [0.2, 0.25) is 0 Å². The molecular weight excluding hydrogens is 263 g/mol. The topological polar surface area (TPSA) is 47.6 Å². The van der Waals surface area contributed by atoms with Crippen molar-refractivity contribution in [2.24, 2.45) is 5.92 Å². The van der Waals surface area contributed by atoms with Crippen molar-refractivity contribution in [1.29, 1.82) is 10.5 Å². The molecule has 0 aromatic heterocycles. The molecular formula is C18H21FN2. The molecule has 0 amide bonds. The number of nitriles is 2. The third kappa shape index (κ3) is 3.61. The first-order valence-electron chi connectivity index (χ1n) is 7.83. The van der Waals surface area contributed by atoms with Crippen LogP contribution in [-0.2, 0) is 0 Å². The van der Waals surface area contributed by atoms with Crippen LogP contribution in [0.3, 0.4) is 0 Å². The third-order valence-electron chi connectivity index (χ3n) is 4.62. The Balaban J connectivity index is 2.11. The molecule has 1 aromatic rings. The Labute approximate surface area is 126 Å². The molecule has 110 valence electrons. The summed E-state index contributed by atoms with van der Waals surface area (Å²) in [5, 5.41) is 18.0. The minimum absolute atomic E-state index is 0.00263. The molecule has 0 heterocycles. The molecule has 1 fully saturated rings. The maximum absolute atomic E-state index is 13.8. The summed E-state index contributed by atoms with van der Waals surface area (Å²) < 4.78 is 13.8. The number of unbranched alkanes of at least 4 members (excludes halogenated alkanes) is 1. The van der Waals surface area contributed by atoms with Crippen molar-refractivity contribution >= 4 is 0 Å². The summed E-state index contributed by atoms with van der Waals surface area (Å²) in [4.78, 5) is 0. The Morgan fingerprint density at radius 2 is 1.67 bits per heavy atom. The summed E-state index contributed by atoms with van der Waals surface area (Å²) >= 11 is 0. The van der Waals surface area contributed by atoms with Crippen LogP contribution >= 0.6 is 0 Å². The van der Waals surface area contributed by atoms with E-state index in [0.717, 1.165) is 24.3 Å². The summed E-state index contributed by atoms with van der Waals surface area (Å²) in [7, 11) is 0. The van der Waals surface area contributed by atoms with Crippen molar-refractivity contribution < 1.29 is 4.39 Å². The Hall–Kier alpha value is -1.87. The average Bonchev–Trinajstić information content (AvgIpc) is 2.53. The fourth-order valence-corrected chi connectivity index (χ4v) is 3.32. The first-order chi connectivity index (χ1) is 10.2. The van der Waals surface area contributed by atoms with Gasteiger partial charge in [0.25, 0.3) is 0 Å². The molecule has 1 aliphatic rings. The van der Waals surface area contributed by atoms with Gasteiger partial charge in [-0.05, 0) is 55.2 Å². The zero-order chi connectivity index (χ0) is 15.2. The van der Waals surface area contributed by atoms with Gasteiger partial charge in [-0.1, -0.05) is 26.2 Å². The minimum Gasteiger partial charge on any atom is -0.204 e. The van der Waals surface area contributed by atoms with Gasteiger partial charge in [-0.2, -0.15) is 10.5 Å². The summed E-state index contributed by atoms with van der Waals surface area (Å²) in [6.07, 6.45) is 8.40. The maximum Gasteiger partial charge on any atom is 0.158 e. The highest BCUT2D eigenvalue weighted by Gasteiger charge is 2.23. The van der Waals surface area contributed by atoms with Gasteiger partial charge in [0.2, 0.25) is 0 Å². The lowest BCUT2D eigenvalue weighted by Crippen LogP contribution is -2.14. The largest absolute Gasteiger partial charge is 0.204 e. The Bertz CT molecular complexity index is 537. The molecule has 1 aliphatic carbocycles. The quantitative estimate of drug-likeness (QED) is 0.778. The number of halogens is 1. The van der Waals surface area contributed by atoms with Crippen LogP contribution in [0.1, 0.15) is 74.5 Å². The molecule has 0 aliphatic heterocycles. The molecule has 3 heteroatoms. The molecule has 1 saturated carbocycles. The zero-order valence-electron chi connectivity index (χ0n) is 12.5. The molecule has 21 heavy (non-hydrogen) atoms. The summed E-state index contributed by atoms with van der Waals surface area (Å²) in [5.74, 6) is 0.496. The fourth-order valence-electron chi connectivity index (χ4n) is 3.32. The maximum atomic E-state index is 13.8. The van der Waals surface area contributed by atoms with E-state index in [9.17, 15) is 4.39 Å². The summed E-state index contributed by atoms with van der Waals surface area (Å²) in [6, 6.07) is 6.98. The lowest BCUT2D eigenvalue weighted by molar-refractivity contribution is 0.304. The third-order valence-corrected chi connectivity index (χ3v) is 4.62. The minimum atomic E-state index is -0.680. The smallest absolute Gasteiger partial charge is 0.158 e. The molecule has 0 unspecified atom stereocenters. The predicted octanol–water partition coefficient (Wildman–Crippen LogP) is 5.03. The van der Waals surface area contributed by atoms with Gasteiger partial charge >= 0.3 is 0 Å². The van der Waals surface area contributed by atoms with Crippen molar-refractivity contribution in [2.45, 2.75) is 57.8 Å². The monoisotopic (exact) mass is 284 g/mol. The van der Waals surface area contributed by atoms with E-state index in [1.165, 1.54) is 32.1 Å². The average molecular weight is 284 g/mol. The summed E-state index contributed by atoms with van der Waals surface area (Å²) in [6.45, 7) is 2.22. The van der Waals surface area contributed by atoms with Gasteiger partial charge in [-0.15, -0.1) is 0 Å². The Morgan fingerprint density at radius 3 is 2.14 bits per heavy atom. The van der Waals surface area contributed by atoms with E-state index in [2.05, 4.69) is 6.92 Å². The van der Waals surface area contributed by atoms with Gasteiger partial charge in [-0.25, -0.2) is 4.39 Å². The highest BCUT2D eigenvalue weighted by molar-refractivity contribution is 5.45. The van der Waals surface area contributed by atoms with Crippen molar-refractivity contribution in [1.82, 2.24) is 0 Å². The van der Waals surface area contributed by atoms with Gasteiger partial charge in [0.05, 0.1) is 11.1 Å². The lowest BCUT2D eigenvalue weighted by Gasteiger charge is -2.29. The second kappa shape index (κ2) is 7.23. The molecule has 1 aromatic carbocycles. The number of hydrogen-bond donors (Lipinski definition) is 0. The Morgan fingerprint density at radius 1 is 1.10 bits per heavy atom. The van der Waals surface area contributed by atoms with E-state index in [0.29, 0.717) is 5.92 Å². The first-order valence-corrected chi connectivity index (χ1v) is 7.83. The van der Waals surface area contributed by atoms with Gasteiger partial charge in [0.1, 0.15) is 12.1 Å². The van der Waals surface area contributed by atoms with Crippen LogP contribution in [0.5, 0.6) is 0 Å². The fraction of sp³-hybridized carbons (Fsp3) is 0.556. The number of rotatable bonds is 4. The van der Waals surface area contributed by atoms with Crippen molar-refractivity contribution in [3.63, 3.8) is 0 Å². The van der Waals surface area contributed by atoms with Crippen LogP contribution in [0.25, 0.3) is 0 Å². The highest BCUT2D eigenvalue weighted by Crippen LogP contribution is 2.38. The number of nitrogens with zero attached hydrogens (tertiary/aromatic N) is 2. The lowest BCUT2D eigenvalue weighted by atomic mass is 9.76. The standard InChI is InChI=1S/C18H21FN2/c1-2-3-4-13-5-7-14(8-6-13)15-9-16(11-20)18(19)17(10-15)12-21/h9-10,13-14H,2-8H2,1H3. The van der Waals surface area contributed by atoms with Crippen LogP contribution < -0.4 is 0 Å². The second-order valence-electron chi connectivity index (χ2n) is 6.01. The van der Waals surface area contributed by atoms with Gasteiger partial charge in [0.15, 0.2) is 5.82 Å². The summed E-state index contributed by atoms with van der Waals surface area (Å²) in [5.41, 5.74) is 0.952. The molecule has 0 radical (unpaired) electrons. The van der Waals surface area contributed by atoms with Gasteiger partial charge in [-0.3, -0.25) is 0 Å².